The molecule has 3 rings (SSSR count). The highest BCUT2D eigenvalue weighted by Gasteiger charge is 2.31. The Balaban J connectivity index is 1.64. The first-order valence-electron chi connectivity index (χ1n) is 8.37. The van der Waals surface area contributed by atoms with Crippen LogP contribution in [0.1, 0.15) is 37.2 Å². The van der Waals surface area contributed by atoms with Crippen molar-refractivity contribution in [2.45, 2.75) is 32.5 Å². The van der Waals surface area contributed by atoms with Gasteiger partial charge < -0.3 is 9.42 Å². The molecule has 0 aliphatic carbocycles. The quantitative estimate of drug-likeness (QED) is 0.840. The maximum Gasteiger partial charge on any atom is 0.416 e. The molecule has 25 heavy (non-hydrogen) atoms. The molecule has 5 nitrogen and oxygen atoms in total. The molecular formula is C17H21F3N4O. The fourth-order valence-electron chi connectivity index (χ4n) is 2.98. The molecule has 0 spiro atoms. The molecule has 136 valence electrons. The van der Waals surface area contributed by atoms with E-state index in [1.54, 1.807) is 6.07 Å². The number of benzene rings is 1. The van der Waals surface area contributed by atoms with Crippen molar-refractivity contribution in [3.8, 4) is 0 Å². The molecule has 1 aromatic carbocycles. The van der Waals surface area contributed by atoms with Crippen LogP contribution in [0.3, 0.4) is 0 Å². The number of hydrogen-bond donors (Lipinski definition) is 0. The smallest absolute Gasteiger partial charge is 0.369 e. The Morgan fingerprint density at radius 1 is 1.20 bits per heavy atom. The third kappa shape index (κ3) is 3.95. The SMILES string of the molecule is CCc1noc([C@H](C)N2CCN(c3cccc(C(F)(F)F)c3)CC2)n1. The number of aromatic nitrogens is 2. The van der Waals surface area contributed by atoms with Gasteiger partial charge in [0.15, 0.2) is 5.82 Å². The number of alkyl halides is 3. The average molecular weight is 354 g/mol. The number of piperazine rings is 1. The molecule has 0 N–H and O–H groups in total. The first-order valence-corrected chi connectivity index (χ1v) is 8.37. The fraction of sp³-hybridized carbons (Fsp3) is 0.529. The highest BCUT2D eigenvalue weighted by atomic mass is 19.4. The molecule has 0 amide bonds. The number of halogens is 3. The Bertz CT molecular complexity index is 708. The molecule has 1 fully saturated rings. The number of aryl methyl sites for hydroxylation is 1. The van der Waals surface area contributed by atoms with Gasteiger partial charge in [-0.3, -0.25) is 4.90 Å². The van der Waals surface area contributed by atoms with Crippen molar-refractivity contribution in [2.24, 2.45) is 0 Å². The Hall–Kier alpha value is -2.09. The van der Waals surface area contributed by atoms with Crippen molar-refractivity contribution in [3.05, 3.63) is 41.5 Å². The van der Waals surface area contributed by atoms with E-state index in [0.717, 1.165) is 25.6 Å². The van der Waals surface area contributed by atoms with Crippen molar-refractivity contribution in [1.82, 2.24) is 15.0 Å². The third-order valence-electron chi connectivity index (χ3n) is 4.56. The molecule has 2 aromatic rings. The number of nitrogens with zero attached hydrogens (tertiary/aromatic N) is 4. The van der Waals surface area contributed by atoms with Gasteiger partial charge in [-0.1, -0.05) is 18.1 Å². The topological polar surface area (TPSA) is 45.4 Å². The fourth-order valence-corrected chi connectivity index (χ4v) is 2.98. The van der Waals surface area contributed by atoms with Gasteiger partial charge in [0.05, 0.1) is 11.6 Å². The van der Waals surface area contributed by atoms with Crippen LogP contribution >= 0.6 is 0 Å². The van der Waals surface area contributed by atoms with Crippen LogP contribution in [0.4, 0.5) is 18.9 Å². The van der Waals surface area contributed by atoms with E-state index in [1.807, 2.05) is 18.7 Å². The van der Waals surface area contributed by atoms with E-state index in [0.29, 0.717) is 30.5 Å². The Morgan fingerprint density at radius 2 is 1.92 bits per heavy atom. The number of anilines is 1. The lowest BCUT2D eigenvalue weighted by molar-refractivity contribution is -0.137. The van der Waals surface area contributed by atoms with Crippen LogP contribution in [-0.4, -0.2) is 41.2 Å². The van der Waals surface area contributed by atoms with Gasteiger partial charge >= 0.3 is 6.18 Å². The van der Waals surface area contributed by atoms with E-state index in [9.17, 15) is 13.2 Å². The van der Waals surface area contributed by atoms with Crippen molar-refractivity contribution in [1.29, 1.82) is 0 Å². The zero-order chi connectivity index (χ0) is 18.0. The molecule has 0 radical (unpaired) electrons. The van der Waals surface area contributed by atoms with Crippen LogP contribution < -0.4 is 4.90 Å². The van der Waals surface area contributed by atoms with Crippen LogP contribution in [0.25, 0.3) is 0 Å². The highest BCUT2D eigenvalue weighted by molar-refractivity contribution is 5.49. The minimum Gasteiger partial charge on any atom is -0.369 e. The number of hydrogen-bond acceptors (Lipinski definition) is 5. The van der Waals surface area contributed by atoms with E-state index >= 15 is 0 Å². The van der Waals surface area contributed by atoms with E-state index in [2.05, 4.69) is 15.0 Å². The Kier molecular flexibility index (Phi) is 4.99. The van der Waals surface area contributed by atoms with Gasteiger partial charge in [-0.25, -0.2) is 0 Å². The van der Waals surface area contributed by atoms with E-state index in [4.69, 9.17) is 4.52 Å². The summed E-state index contributed by atoms with van der Waals surface area (Å²) < 4.78 is 43.9. The molecule has 0 saturated carbocycles. The molecule has 0 bridgehead atoms. The van der Waals surface area contributed by atoms with Gasteiger partial charge in [-0.05, 0) is 25.1 Å². The molecule has 1 saturated heterocycles. The summed E-state index contributed by atoms with van der Waals surface area (Å²) in [7, 11) is 0. The van der Waals surface area contributed by atoms with Crippen molar-refractivity contribution >= 4 is 5.69 Å². The summed E-state index contributed by atoms with van der Waals surface area (Å²) in [5.41, 5.74) is -0.00746. The highest BCUT2D eigenvalue weighted by Crippen LogP contribution is 2.32. The number of rotatable bonds is 4. The van der Waals surface area contributed by atoms with E-state index in [1.165, 1.54) is 12.1 Å². The average Bonchev–Trinajstić information content (AvgIpc) is 3.10. The predicted octanol–water partition coefficient (Wildman–Crippen LogP) is 3.53. The molecule has 1 aliphatic heterocycles. The lowest BCUT2D eigenvalue weighted by Gasteiger charge is -2.38. The van der Waals surface area contributed by atoms with Gasteiger partial charge in [0.2, 0.25) is 5.89 Å². The second-order valence-corrected chi connectivity index (χ2v) is 6.15. The maximum atomic E-state index is 12.9. The first kappa shape index (κ1) is 17.7. The summed E-state index contributed by atoms with van der Waals surface area (Å²) in [5.74, 6) is 1.27. The second kappa shape index (κ2) is 7.03. The van der Waals surface area contributed by atoms with Crippen molar-refractivity contribution < 1.29 is 17.7 Å². The summed E-state index contributed by atoms with van der Waals surface area (Å²) in [6.45, 7) is 6.73. The Labute approximate surface area is 144 Å². The second-order valence-electron chi connectivity index (χ2n) is 6.15. The minimum absolute atomic E-state index is 0.00328. The molecular weight excluding hydrogens is 333 g/mol. The lowest BCUT2D eigenvalue weighted by atomic mass is 10.1. The zero-order valence-corrected chi connectivity index (χ0v) is 14.3. The lowest BCUT2D eigenvalue weighted by Crippen LogP contribution is -2.47. The molecule has 8 heteroatoms. The molecule has 2 heterocycles. The third-order valence-corrected chi connectivity index (χ3v) is 4.56. The largest absolute Gasteiger partial charge is 0.416 e. The summed E-state index contributed by atoms with van der Waals surface area (Å²) in [5, 5.41) is 3.92. The van der Waals surface area contributed by atoms with Gasteiger partial charge in [0.25, 0.3) is 0 Å². The summed E-state index contributed by atoms with van der Waals surface area (Å²) in [6, 6.07) is 5.49. The summed E-state index contributed by atoms with van der Waals surface area (Å²) >= 11 is 0. The monoisotopic (exact) mass is 354 g/mol. The van der Waals surface area contributed by atoms with E-state index < -0.39 is 11.7 Å². The van der Waals surface area contributed by atoms with Crippen molar-refractivity contribution in [2.75, 3.05) is 31.1 Å². The Morgan fingerprint density at radius 3 is 2.52 bits per heavy atom. The normalized spacial score (nSPS) is 17.7. The minimum atomic E-state index is -4.32. The van der Waals surface area contributed by atoms with E-state index in [-0.39, 0.29) is 6.04 Å². The first-order chi connectivity index (χ1) is 11.9. The van der Waals surface area contributed by atoms with Crippen LogP contribution in [0.2, 0.25) is 0 Å². The zero-order valence-electron chi connectivity index (χ0n) is 14.3. The van der Waals surface area contributed by atoms with Crippen LogP contribution in [0.5, 0.6) is 0 Å². The summed E-state index contributed by atoms with van der Waals surface area (Å²) in [4.78, 5) is 8.54. The van der Waals surface area contributed by atoms with Gasteiger partial charge in [-0.15, -0.1) is 0 Å². The van der Waals surface area contributed by atoms with Crippen molar-refractivity contribution in [3.63, 3.8) is 0 Å². The molecule has 1 aliphatic rings. The van der Waals surface area contributed by atoms with Crippen LogP contribution in [0.15, 0.2) is 28.8 Å². The molecule has 1 aromatic heterocycles. The van der Waals surface area contributed by atoms with Gasteiger partial charge in [0, 0.05) is 38.3 Å². The molecule has 1 atom stereocenters. The standard InChI is InChI=1S/C17H21F3N4O/c1-3-15-21-16(25-22-15)12(2)23-7-9-24(10-8-23)14-6-4-5-13(11-14)17(18,19)20/h4-6,11-12H,3,7-10H2,1-2H3/t12-/m0/s1. The van der Waals surface area contributed by atoms with Crippen LogP contribution in [-0.2, 0) is 12.6 Å². The van der Waals surface area contributed by atoms with Crippen LogP contribution in [0, 0.1) is 0 Å². The maximum absolute atomic E-state index is 12.9. The molecule has 0 unspecified atom stereocenters. The van der Waals surface area contributed by atoms with Gasteiger partial charge in [-0.2, -0.15) is 18.2 Å². The predicted molar refractivity (Wildman–Crippen MR) is 87.3 cm³/mol. The van der Waals surface area contributed by atoms with Gasteiger partial charge in [0.1, 0.15) is 0 Å². The summed E-state index contributed by atoms with van der Waals surface area (Å²) in [6.07, 6.45) is -3.60.